The van der Waals surface area contributed by atoms with Crippen molar-refractivity contribution in [3.63, 3.8) is 0 Å². The van der Waals surface area contributed by atoms with E-state index in [4.69, 9.17) is 9.47 Å². The van der Waals surface area contributed by atoms with E-state index in [9.17, 15) is 14.7 Å². The Balaban J connectivity index is 1.56. The standard InChI is InChI=1S/C25H25BrN6O5/c1-31-22-21(23(34)29-25(31)35)32(14-18(33)15-37-20-10-8-19(36-2)9-11-20)24(28-22)30-27-13-17(26)12-16-6-4-3-5-7-16/h3-13,18,33H,14-15H2,1-2H3,(H,28,30)(H,29,34,35)/b17-12-,27-13+/t18-/m0/s1. The number of aliphatic hydroxyl groups excluding tert-OH is 1. The zero-order valence-corrected chi connectivity index (χ0v) is 21.7. The van der Waals surface area contributed by atoms with Crippen molar-refractivity contribution in [2.24, 2.45) is 12.1 Å². The first-order chi connectivity index (χ1) is 17.9. The molecule has 11 nitrogen and oxygen atoms in total. The number of benzene rings is 2. The van der Waals surface area contributed by atoms with Crippen molar-refractivity contribution in [1.29, 1.82) is 0 Å². The fourth-order valence-electron chi connectivity index (χ4n) is 3.52. The Morgan fingerprint density at radius 2 is 1.89 bits per heavy atom. The molecule has 0 radical (unpaired) electrons. The number of hydrogen-bond donors (Lipinski definition) is 3. The number of allylic oxidation sites excluding steroid dienone is 1. The highest BCUT2D eigenvalue weighted by atomic mass is 79.9. The Morgan fingerprint density at radius 3 is 2.59 bits per heavy atom. The van der Waals surface area contributed by atoms with E-state index >= 15 is 0 Å². The smallest absolute Gasteiger partial charge is 0.329 e. The SMILES string of the molecule is COc1ccc(OC[C@@H](O)Cn2c(N/N=C/C(Br)=C/c3ccccc3)nc3c2c(=O)[nH]c(=O)n3C)cc1. The van der Waals surface area contributed by atoms with Crippen molar-refractivity contribution < 1.29 is 14.6 Å². The van der Waals surface area contributed by atoms with Crippen molar-refractivity contribution in [2.75, 3.05) is 19.1 Å². The third-order valence-electron chi connectivity index (χ3n) is 5.36. The summed E-state index contributed by atoms with van der Waals surface area (Å²) in [7, 11) is 3.06. The number of aliphatic hydroxyl groups is 1. The van der Waals surface area contributed by atoms with Gasteiger partial charge in [0.2, 0.25) is 5.95 Å². The van der Waals surface area contributed by atoms with E-state index in [-0.39, 0.29) is 30.3 Å². The van der Waals surface area contributed by atoms with Crippen molar-refractivity contribution in [2.45, 2.75) is 12.6 Å². The van der Waals surface area contributed by atoms with Crippen LogP contribution in [0.5, 0.6) is 11.5 Å². The third-order valence-corrected chi connectivity index (χ3v) is 5.79. The number of aromatic nitrogens is 4. The largest absolute Gasteiger partial charge is 0.497 e. The van der Waals surface area contributed by atoms with E-state index < -0.39 is 17.4 Å². The van der Waals surface area contributed by atoms with Gasteiger partial charge in [0, 0.05) is 11.5 Å². The molecule has 192 valence electrons. The second kappa shape index (κ2) is 11.7. The molecule has 0 bridgehead atoms. The van der Waals surface area contributed by atoms with E-state index in [1.54, 1.807) is 31.4 Å². The molecule has 12 heteroatoms. The number of ether oxygens (including phenoxy) is 2. The molecule has 4 rings (SSSR count). The summed E-state index contributed by atoms with van der Waals surface area (Å²) in [5, 5.41) is 14.9. The van der Waals surface area contributed by atoms with Crippen LogP contribution in [-0.2, 0) is 13.6 Å². The van der Waals surface area contributed by atoms with Crippen molar-refractivity contribution >= 4 is 45.3 Å². The Morgan fingerprint density at radius 1 is 1.19 bits per heavy atom. The van der Waals surface area contributed by atoms with Crippen LogP contribution in [0.25, 0.3) is 17.2 Å². The highest BCUT2D eigenvalue weighted by molar-refractivity contribution is 9.12. The monoisotopic (exact) mass is 568 g/mol. The summed E-state index contributed by atoms with van der Waals surface area (Å²) in [6, 6.07) is 16.6. The number of imidazole rings is 1. The van der Waals surface area contributed by atoms with Gasteiger partial charge in [-0.2, -0.15) is 10.1 Å². The van der Waals surface area contributed by atoms with Gasteiger partial charge < -0.3 is 19.1 Å². The van der Waals surface area contributed by atoms with Crippen molar-refractivity contribution in [3.8, 4) is 11.5 Å². The van der Waals surface area contributed by atoms with Gasteiger partial charge in [-0.1, -0.05) is 30.3 Å². The number of H-pyrrole nitrogens is 1. The minimum absolute atomic E-state index is 0.0488. The van der Waals surface area contributed by atoms with Crippen LogP contribution in [0.2, 0.25) is 0 Å². The first-order valence-corrected chi connectivity index (χ1v) is 12.0. The molecule has 3 N–H and O–H groups in total. The predicted molar refractivity (Wildman–Crippen MR) is 146 cm³/mol. The number of rotatable bonds is 10. The van der Waals surface area contributed by atoms with Crippen molar-refractivity contribution in [3.05, 3.63) is 85.5 Å². The summed E-state index contributed by atoms with van der Waals surface area (Å²) < 4.78 is 14.2. The van der Waals surface area contributed by atoms with E-state index in [0.29, 0.717) is 16.0 Å². The molecule has 0 saturated carbocycles. The average Bonchev–Trinajstić information content (AvgIpc) is 3.25. The van der Waals surface area contributed by atoms with Gasteiger partial charge in [-0.3, -0.25) is 14.3 Å². The van der Waals surface area contributed by atoms with E-state index in [1.165, 1.54) is 22.4 Å². The molecule has 1 atom stereocenters. The fraction of sp³-hybridized carbons (Fsp3) is 0.200. The minimum Gasteiger partial charge on any atom is -0.497 e. The second-order valence-electron chi connectivity index (χ2n) is 7.99. The van der Waals surface area contributed by atoms with Crippen LogP contribution in [0.15, 0.2) is 73.8 Å². The number of fused-ring (bicyclic) bond motifs is 1. The molecular weight excluding hydrogens is 544 g/mol. The van der Waals surface area contributed by atoms with Gasteiger partial charge >= 0.3 is 5.69 Å². The zero-order valence-electron chi connectivity index (χ0n) is 20.1. The van der Waals surface area contributed by atoms with Crippen LogP contribution in [-0.4, -0.2) is 50.2 Å². The molecule has 2 heterocycles. The summed E-state index contributed by atoms with van der Waals surface area (Å²) in [6.07, 6.45) is 2.40. The van der Waals surface area contributed by atoms with Crippen LogP contribution >= 0.6 is 15.9 Å². The van der Waals surface area contributed by atoms with Gasteiger partial charge in [0.25, 0.3) is 5.56 Å². The van der Waals surface area contributed by atoms with E-state index in [2.05, 4.69) is 36.4 Å². The maximum Gasteiger partial charge on any atom is 0.329 e. The fourth-order valence-corrected chi connectivity index (χ4v) is 3.89. The molecule has 37 heavy (non-hydrogen) atoms. The Bertz CT molecular complexity index is 1540. The second-order valence-corrected chi connectivity index (χ2v) is 8.90. The van der Waals surface area contributed by atoms with Gasteiger partial charge in [-0.05, 0) is 51.8 Å². The van der Waals surface area contributed by atoms with E-state index in [0.717, 1.165) is 5.56 Å². The quantitative estimate of drug-likeness (QED) is 0.197. The number of nitrogens with zero attached hydrogens (tertiary/aromatic N) is 4. The number of anilines is 1. The summed E-state index contributed by atoms with van der Waals surface area (Å²) >= 11 is 3.45. The Hall–Kier alpha value is -4.16. The lowest BCUT2D eigenvalue weighted by Crippen LogP contribution is -2.30. The third kappa shape index (κ3) is 6.35. The summed E-state index contributed by atoms with van der Waals surface area (Å²) in [5.74, 6) is 1.40. The number of hydrazone groups is 1. The topological polar surface area (TPSA) is 136 Å². The first kappa shape index (κ1) is 25.9. The number of nitrogens with one attached hydrogen (secondary N) is 2. The number of hydrogen-bond acceptors (Lipinski definition) is 8. The summed E-state index contributed by atoms with van der Waals surface area (Å²) in [4.78, 5) is 31.4. The maximum absolute atomic E-state index is 12.7. The molecule has 4 aromatic rings. The van der Waals surface area contributed by atoms with Crippen LogP contribution in [0.4, 0.5) is 5.95 Å². The number of aromatic amines is 1. The molecule has 0 aliphatic carbocycles. The summed E-state index contributed by atoms with van der Waals surface area (Å²) in [5.41, 5.74) is 2.81. The molecule has 0 saturated heterocycles. The number of methoxy groups -OCH3 is 1. The molecule has 0 aliphatic rings. The van der Waals surface area contributed by atoms with Gasteiger partial charge in [0.05, 0.1) is 19.9 Å². The number of halogens is 1. The van der Waals surface area contributed by atoms with Crippen LogP contribution in [0.3, 0.4) is 0 Å². The molecular formula is C25H25BrN6O5. The highest BCUT2D eigenvalue weighted by Gasteiger charge is 2.20. The summed E-state index contributed by atoms with van der Waals surface area (Å²) in [6.45, 7) is -0.101. The lowest BCUT2D eigenvalue weighted by molar-refractivity contribution is 0.0938. The van der Waals surface area contributed by atoms with Crippen LogP contribution < -0.4 is 26.1 Å². The zero-order chi connectivity index (χ0) is 26.4. The van der Waals surface area contributed by atoms with Crippen LogP contribution in [0, 0.1) is 0 Å². The lowest BCUT2D eigenvalue weighted by atomic mass is 10.2. The first-order valence-electron chi connectivity index (χ1n) is 11.2. The average molecular weight is 569 g/mol. The molecule has 2 aromatic heterocycles. The van der Waals surface area contributed by atoms with Gasteiger partial charge in [-0.25, -0.2) is 10.2 Å². The number of aryl methyl sites for hydroxylation is 1. The molecule has 0 fully saturated rings. The Labute approximate surface area is 219 Å². The molecule has 0 amide bonds. The Kier molecular flexibility index (Phi) is 8.21. The maximum atomic E-state index is 12.7. The van der Waals surface area contributed by atoms with Crippen molar-refractivity contribution in [1.82, 2.24) is 19.1 Å². The van der Waals surface area contributed by atoms with E-state index in [1.807, 2.05) is 36.4 Å². The minimum atomic E-state index is -1.01. The lowest BCUT2D eigenvalue weighted by Gasteiger charge is -2.15. The predicted octanol–water partition coefficient (Wildman–Crippen LogP) is 2.71. The van der Waals surface area contributed by atoms with Gasteiger partial charge in [0.15, 0.2) is 11.2 Å². The molecule has 0 spiro atoms. The van der Waals surface area contributed by atoms with Gasteiger partial charge in [-0.15, -0.1) is 0 Å². The van der Waals surface area contributed by atoms with Gasteiger partial charge in [0.1, 0.15) is 24.2 Å². The van der Waals surface area contributed by atoms with Crippen LogP contribution in [0.1, 0.15) is 5.56 Å². The molecule has 2 aromatic carbocycles. The normalized spacial score (nSPS) is 12.7. The molecule has 0 aliphatic heterocycles. The molecule has 0 unspecified atom stereocenters. The highest BCUT2D eigenvalue weighted by Crippen LogP contribution is 2.19.